The maximum Gasteiger partial charge on any atom is 0.322 e. The van der Waals surface area contributed by atoms with Gasteiger partial charge in [0.05, 0.1) is 13.7 Å². The number of amides is 2. The van der Waals surface area contributed by atoms with E-state index in [1.807, 2.05) is 12.1 Å². The zero-order chi connectivity index (χ0) is 15.2. The van der Waals surface area contributed by atoms with Gasteiger partial charge in [-0.25, -0.2) is 4.79 Å². The number of nitrogens with one attached hydrogen (secondary N) is 2. The standard InChI is InChI=1S/C15H22N4O2/c1-21-13-8-4-5-11(9-13)18-15(20)19(10-14(16)17)12-6-2-3-7-12/h4-5,8-9,12H,2-3,6-7,10H2,1H3,(H3,16,17)(H,18,20). The van der Waals surface area contributed by atoms with Gasteiger partial charge in [0.25, 0.3) is 0 Å². The number of carbonyl (C=O) groups excluding carboxylic acids is 1. The Bertz CT molecular complexity index is 512. The Morgan fingerprint density at radius 3 is 2.81 bits per heavy atom. The second-order valence-electron chi connectivity index (χ2n) is 5.25. The highest BCUT2D eigenvalue weighted by Crippen LogP contribution is 2.24. The highest BCUT2D eigenvalue weighted by atomic mass is 16.5. The fourth-order valence-electron chi connectivity index (χ4n) is 2.66. The fourth-order valence-corrected chi connectivity index (χ4v) is 2.66. The summed E-state index contributed by atoms with van der Waals surface area (Å²) in [6.07, 6.45) is 4.18. The van der Waals surface area contributed by atoms with Crippen LogP contribution in [0.15, 0.2) is 24.3 Å². The first-order chi connectivity index (χ1) is 10.1. The number of urea groups is 1. The molecule has 0 radical (unpaired) electrons. The zero-order valence-corrected chi connectivity index (χ0v) is 12.3. The first-order valence-corrected chi connectivity index (χ1v) is 7.14. The molecule has 21 heavy (non-hydrogen) atoms. The van der Waals surface area contributed by atoms with E-state index < -0.39 is 0 Å². The molecule has 0 aliphatic heterocycles. The van der Waals surface area contributed by atoms with Gasteiger partial charge in [0, 0.05) is 17.8 Å². The molecular weight excluding hydrogens is 268 g/mol. The van der Waals surface area contributed by atoms with Crippen LogP contribution in [0.25, 0.3) is 0 Å². The van der Waals surface area contributed by atoms with E-state index in [9.17, 15) is 4.79 Å². The fraction of sp³-hybridized carbons (Fsp3) is 0.467. The Morgan fingerprint density at radius 1 is 1.48 bits per heavy atom. The summed E-state index contributed by atoms with van der Waals surface area (Å²) in [4.78, 5) is 14.1. The van der Waals surface area contributed by atoms with Gasteiger partial charge in [-0.2, -0.15) is 0 Å². The minimum Gasteiger partial charge on any atom is -0.497 e. The first-order valence-electron chi connectivity index (χ1n) is 7.14. The minimum absolute atomic E-state index is 0.00249. The van der Waals surface area contributed by atoms with Crippen LogP contribution in [-0.4, -0.2) is 36.5 Å². The number of hydrogen-bond donors (Lipinski definition) is 3. The van der Waals surface area contributed by atoms with Crippen LogP contribution in [0.1, 0.15) is 25.7 Å². The maximum atomic E-state index is 12.5. The van der Waals surface area contributed by atoms with E-state index in [1.165, 1.54) is 0 Å². The number of ether oxygens (including phenoxy) is 1. The SMILES string of the molecule is COc1cccc(NC(=O)N(CC(=N)N)C2CCCC2)c1. The number of carbonyl (C=O) groups is 1. The van der Waals surface area contributed by atoms with Gasteiger partial charge < -0.3 is 20.7 Å². The van der Waals surface area contributed by atoms with Crippen molar-refractivity contribution < 1.29 is 9.53 Å². The van der Waals surface area contributed by atoms with Gasteiger partial charge >= 0.3 is 6.03 Å². The highest BCUT2D eigenvalue weighted by molar-refractivity contribution is 5.93. The lowest BCUT2D eigenvalue weighted by Crippen LogP contribution is -2.46. The molecule has 0 saturated heterocycles. The third-order valence-corrected chi connectivity index (χ3v) is 3.69. The van der Waals surface area contributed by atoms with Crippen molar-refractivity contribution in [2.24, 2.45) is 5.73 Å². The molecular formula is C15H22N4O2. The van der Waals surface area contributed by atoms with E-state index in [0.717, 1.165) is 25.7 Å². The number of methoxy groups -OCH3 is 1. The van der Waals surface area contributed by atoms with Crippen LogP contribution in [0.3, 0.4) is 0 Å². The first kappa shape index (κ1) is 15.2. The number of anilines is 1. The molecule has 0 aromatic heterocycles. The Balaban J connectivity index is 2.07. The van der Waals surface area contributed by atoms with E-state index in [-0.39, 0.29) is 24.5 Å². The van der Waals surface area contributed by atoms with Crippen molar-refractivity contribution in [2.75, 3.05) is 19.0 Å². The summed E-state index contributed by atoms with van der Waals surface area (Å²) >= 11 is 0. The van der Waals surface area contributed by atoms with Crippen molar-refractivity contribution in [1.29, 1.82) is 5.41 Å². The van der Waals surface area contributed by atoms with E-state index in [1.54, 1.807) is 24.1 Å². The summed E-state index contributed by atoms with van der Waals surface area (Å²) in [6, 6.07) is 7.16. The predicted molar refractivity (Wildman–Crippen MR) is 82.9 cm³/mol. The maximum absolute atomic E-state index is 12.5. The molecule has 6 heteroatoms. The summed E-state index contributed by atoms with van der Waals surface area (Å²) in [7, 11) is 1.58. The van der Waals surface area contributed by atoms with Crippen LogP contribution in [-0.2, 0) is 0 Å². The lowest BCUT2D eigenvalue weighted by Gasteiger charge is -2.28. The molecule has 0 bridgehead atoms. The van der Waals surface area contributed by atoms with Gasteiger partial charge in [-0.1, -0.05) is 18.9 Å². The summed E-state index contributed by atoms with van der Waals surface area (Å²) in [5.74, 6) is 0.689. The molecule has 1 saturated carbocycles. The van der Waals surface area contributed by atoms with Gasteiger partial charge in [0.15, 0.2) is 0 Å². The number of amidine groups is 1. The van der Waals surface area contributed by atoms with E-state index in [4.69, 9.17) is 15.9 Å². The number of hydrogen-bond acceptors (Lipinski definition) is 3. The Kier molecular flexibility index (Phi) is 5.03. The smallest absolute Gasteiger partial charge is 0.322 e. The van der Waals surface area contributed by atoms with Crippen LogP contribution in [0.4, 0.5) is 10.5 Å². The predicted octanol–water partition coefficient (Wildman–Crippen LogP) is 2.41. The van der Waals surface area contributed by atoms with Crippen molar-refractivity contribution >= 4 is 17.6 Å². The molecule has 114 valence electrons. The Hall–Kier alpha value is -2.24. The second-order valence-corrected chi connectivity index (χ2v) is 5.25. The third-order valence-electron chi connectivity index (χ3n) is 3.69. The van der Waals surface area contributed by atoms with Crippen LogP contribution in [0, 0.1) is 5.41 Å². The van der Waals surface area contributed by atoms with Gasteiger partial charge in [0.1, 0.15) is 11.6 Å². The molecule has 2 rings (SSSR count). The van der Waals surface area contributed by atoms with Crippen molar-refractivity contribution in [3.63, 3.8) is 0 Å². The minimum atomic E-state index is -0.217. The molecule has 1 aliphatic carbocycles. The molecule has 0 spiro atoms. The normalized spacial score (nSPS) is 14.7. The molecule has 1 fully saturated rings. The number of rotatable bonds is 5. The molecule has 0 atom stereocenters. The van der Waals surface area contributed by atoms with E-state index in [0.29, 0.717) is 11.4 Å². The molecule has 2 amide bonds. The topological polar surface area (TPSA) is 91.4 Å². The van der Waals surface area contributed by atoms with E-state index >= 15 is 0 Å². The summed E-state index contributed by atoms with van der Waals surface area (Å²) < 4.78 is 5.14. The Labute approximate surface area is 124 Å². The number of nitrogens with two attached hydrogens (primary N) is 1. The number of nitrogens with zero attached hydrogens (tertiary/aromatic N) is 1. The molecule has 6 nitrogen and oxygen atoms in total. The summed E-state index contributed by atoms with van der Waals surface area (Å²) in [5.41, 5.74) is 6.15. The third kappa shape index (κ3) is 4.11. The quantitative estimate of drug-likeness (QED) is 0.574. The molecule has 4 N–H and O–H groups in total. The summed E-state index contributed by atoms with van der Waals surface area (Å²) in [6.45, 7) is 0.167. The van der Waals surface area contributed by atoms with Crippen LogP contribution in [0.2, 0.25) is 0 Å². The van der Waals surface area contributed by atoms with E-state index in [2.05, 4.69) is 5.32 Å². The van der Waals surface area contributed by atoms with Crippen LogP contribution < -0.4 is 15.8 Å². The second kappa shape index (κ2) is 6.97. The van der Waals surface area contributed by atoms with Crippen molar-refractivity contribution in [3.05, 3.63) is 24.3 Å². The molecule has 1 aromatic carbocycles. The van der Waals surface area contributed by atoms with Crippen molar-refractivity contribution in [1.82, 2.24) is 4.90 Å². The molecule has 0 unspecified atom stereocenters. The van der Waals surface area contributed by atoms with Gasteiger partial charge in [-0.3, -0.25) is 5.41 Å². The van der Waals surface area contributed by atoms with Gasteiger partial charge in [-0.05, 0) is 25.0 Å². The lowest BCUT2D eigenvalue weighted by molar-refractivity contribution is 0.198. The highest BCUT2D eigenvalue weighted by Gasteiger charge is 2.27. The van der Waals surface area contributed by atoms with Gasteiger partial charge in [-0.15, -0.1) is 0 Å². The molecule has 1 aromatic rings. The largest absolute Gasteiger partial charge is 0.497 e. The molecule has 1 aliphatic rings. The van der Waals surface area contributed by atoms with Crippen molar-refractivity contribution in [3.8, 4) is 5.75 Å². The zero-order valence-electron chi connectivity index (χ0n) is 12.3. The van der Waals surface area contributed by atoms with Gasteiger partial charge in [0.2, 0.25) is 0 Å². The average molecular weight is 290 g/mol. The Morgan fingerprint density at radius 2 is 2.19 bits per heavy atom. The summed E-state index contributed by atoms with van der Waals surface area (Å²) in [5, 5.41) is 10.3. The van der Waals surface area contributed by atoms with Crippen LogP contribution >= 0.6 is 0 Å². The lowest BCUT2D eigenvalue weighted by atomic mass is 10.2. The van der Waals surface area contributed by atoms with Crippen molar-refractivity contribution in [2.45, 2.75) is 31.7 Å². The average Bonchev–Trinajstić information content (AvgIpc) is 2.98. The molecule has 0 heterocycles. The van der Waals surface area contributed by atoms with Crippen LogP contribution in [0.5, 0.6) is 5.75 Å². The number of benzene rings is 1. The monoisotopic (exact) mass is 290 g/mol.